The largest absolute Gasteiger partial charge is 0.302 e. The predicted octanol–water partition coefficient (Wildman–Crippen LogP) is 2.46. The Labute approximate surface area is 120 Å². The summed E-state index contributed by atoms with van der Waals surface area (Å²) < 4.78 is 26.6. The van der Waals surface area contributed by atoms with Gasteiger partial charge in [-0.2, -0.15) is 0 Å². The van der Waals surface area contributed by atoms with Crippen molar-refractivity contribution in [3.63, 3.8) is 0 Å². The molecule has 0 heterocycles. The minimum atomic E-state index is -0.556. The Bertz CT molecular complexity index is 411. The van der Waals surface area contributed by atoms with Crippen LogP contribution in [0.25, 0.3) is 0 Å². The summed E-state index contributed by atoms with van der Waals surface area (Å²) in [6, 6.07) is 3.51. The van der Waals surface area contributed by atoms with Crippen LogP contribution in [-0.2, 0) is 6.42 Å². The van der Waals surface area contributed by atoms with Gasteiger partial charge in [0.15, 0.2) is 0 Å². The lowest BCUT2D eigenvalue weighted by molar-refractivity contribution is 0.0881. The first kappa shape index (κ1) is 17.0. The van der Waals surface area contributed by atoms with E-state index in [4.69, 9.17) is 5.84 Å². The summed E-state index contributed by atoms with van der Waals surface area (Å²) >= 11 is 0. The highest BCUT2D eigenvalue weighted by Gasteiger charge is 2.37. The number of hydrazine groups is 1. The fraction of sp³-hybridized carbons (Fsp3) is 0.600. The number of likely N-dealkylation sites (N-methyl/N-ethyl adjacent to an activating group) is 1. The smallest absolute Gasteiger partial charge is 0.126 e. The average molecular weight is 285 g/mol. The summed E-state index contributed by atoms with van der Waals surface area (Å²) in [5, 5.41) is 0. The molecule has 114 valence electrons. The number of benzene rings is 1. The van der Waals surface area contributed by atoms with E-state index in [9.17, 15) is 8.78 Å². The van der Waals surface area contributed by atoms with Crippen molar-refractivity contribution in [1.29, 1.82) is 0 Å². The van der Waals surface area contributed by atoms with Crippen LogP contribution in [0.2, 0.25) is 0 Å². The van der Waals surface area contributed by atoms with Crippen molar-refractivity contribution in [2.75, 3.05) is 14.1 Å². The third-order valence-electron chi connectivity index (χ3n) is 4.33. The molecule has 5 heteroatoms. The summed E-state index contributed by atoms with van der Waals surface area (Å²) in [4.78, 5) is 2.13. The first-order chi connectivity index (χ1) is 9.39. The summed E-state index contributed by atoms with van der Waals surface area (Å²) in [5.74, 6) is 4.60. The van der Waals surface area contributed by atoms with Crippen molar-refractivity contribution in [3.05, 3.63) is 35.4 Å². The van der Waals surface area contributed by atoms with Gasteiger partial charge in [-0.3, -0.25) is 11.3 Å². The van der Waals surface area contributed by atoms with Gasteiger partial charge in [0.25, 0.3) is 0 Å². The number of nitrogens with zero attached hydrogens (tertiary/aromatic N) is 1. The summed E-state index contributed by atoms with van der Waals surface area (Å²) in [6.07, 6.45) is 2.26. The molecule has 1 aromatic carbocycles. The molecule has 0 spiro atoms. The van der Waals surface area contributed by atoms with Crippen molar-refractivity contribution < 1.29 is 8.78 Å². The molecule has 0 aromatic heterocycles. The van der Waals surface area contributed by atoms with Crippen molar-refractivity contribution >= 4 is 0 Å². The zero-order valence-electron chi connectivity index (χ0n) is 12.7. The zero-order chi connectivity index (χ0) is 15.3. The number of rotatable bonds is 7. The molecular weight excluding hydrogens is 260 g/mol. The zero-order valence-corrected chi connectivity index (χ0v) is 12.7. The first-order valence-corrected chi connectivity index (χ1v) is 6.98. The van der Waals surface area contributed by atoms with E-state index in [0.717, 1.165) is 18.9 Å². The molecule has 20 heavy (non-hydrogen) atoms. The Morgan fingerprint density at radius 3 is 2.00 bits per heavy atom. The van der Waals surface area contributed by atoms with Gasteiger partial charge in [0.1, 0.15) is 11.6 Å². The molecule has 0 fully saturated rings. The molecule has 0 saturated heterocycles. The predicted molar refractivity (Wildman–Crippen MR) is 78.2 cm³/mol. The fourth-order valence-electron chi connectivity index (χ4n) is 3.06. The first-order valence-electron chi connectivity index (χ1n) is 6.98. The van der Waals surface area contributed by atoms with Crippen LogP contribution >= 0.6 is 0 Å². The molecule has 0 amide bonds. The monoisotopic (exact) mass is 285 g/mol. The SMILES string of the molecule is CCC(CC)(C(Cc1cc(F)cc(F)c1)NN)N(C)C. The van der Waals surface area contributed by atoms with Crippen LogP contribution in [0.15, 0.2) is 18.2 Å². The third-order valence-corrected chi connectivity index (χ3v) is 4.33. The van der Waals surface area contributed by atoms with Gasteiger partial charge in [-0.25, -0.2) is 8.78 Å². The maximum Gasteiger partial charge on any atom is 0.126 e. The van der Waals surface area contributed by atoms with Crippen LogP contribution in [0.5, 0.6) is 0 Å². The highest BCUT2D eigenvalue weighted by Crippen LogP contribution is 2.28. The second-order valence-corrected chi connectivity index (χ2v) is 5.41. The number of nitrogens with two attached hydrogens (primary N) is 1. The molecule has 0 radical (unpaired) electrons. The molecule has 3 N–H and O–H groups in total. The van der Waals surface area contributed by atoms with Crippen LogP contribution in [0, 0.1) is 11.6 Å². The maximum atomic E-state index is 13.3. The van der Waals surface area contributed by atoms with Crippen LogP contribution in [-0.4, -0.2) is 30.6 Å². The Kier molecular flexibility index (Phi) is 6.05. The highest BCUT2D eigenvalue weighted by molar-refractivity contribution is 5.20. The Morgan fingerprint density at radius 1 is 1.15 bits per heavy atom. The van der Waals surface area contributed by atoms with Crippen LogP contribution < -0.4 is 11.3 Å². The maximum absolute atomic E-state index is 13.3. The third kappa shape index (κ3) is 3.53. The van der Waals surface area contributed by atoms with E-state index in [2.05, 4.69) is 24.2 Å². The fourth-order valence-corrected chi connectivity index (χ4v) is 3.06. The topological polar surface area (TPSA) is 41.3 Å². The minimum absolute atomic E-state index is 0.0892. The lowest BCUT2D eigenvalue weighted by Gasteiger charge is -2.45. The lowest BCUT2D eigenvalue weighted by atomic mass is 9.80. The van der Waals surface area contributed by atoms with E-state index in [1.807, 2.05) is 14.1 Å². The lowest BCUT2D eigenvalue weighted by Crippen LogP contribution is -2.61. The normalized spacial score (nSPS) is 13.8. The minimum Gasteiger partial charge on any atom is -0.302 e. The van der Waals surface area contributed by atoms with Gasteiger partial charge in [-0.05, 0) is 51.1 Å². The summed E-state index contributed by atoms with van der Waals surface area (Å²) in [6.45, 7) is 4.19. The van der Waals surface area contributed by atoms with E-state index in [1.54, 1.807) is 0 Å². The second-order valence-electron chi connectivity index (χ2n) is 5.41. The van der Waals surface area contributed by atoms with Gasteiger partial charge in [0, 0.05) is 17.6 Å². The number of hydrogen-bond acceptors (Lipinski definition) is 3. The summed E-state index contributed by atoms with van der Waals surface area (Å²) in [7, 11) is 4.01. The van der Waals surface area contributed by atoms with Gasteiger partial charge in [0.05, 0.1) is 0 Å². The van der Waals surface area contributed by atoms with Crippen LogP contribution in [0.3, 0.4) is 0 Å². The molecule has 0 bridgehead atoms. The molecule has 1 atom stereocenters. The van der Waals surface area contributed by atoms with Gasteiger partial charge >= 0.3 is 0 Å². The number of nitrogens with one attached hydrogen (secondary N) is 1. The molecule has 1 aromatic rings. The van der Waals surface area contributed by atoms with Gasteiger partial charge < -0.3 is 4.90 Å². The van der Waals surface area contributed by atoms with E-state index in [-0.39, 0.29) is 11.6 Å². The molecule has 0 aliphatic heterocycles. The molecule has 1 unspecified atom stereocenters. The Balaban J connectivity index is 3.06. The average Bonchev–Trinajstić information content (AvgIpc) is 2.37. The van der Waals surface area contributed by atoms with E-state index in [1.165, 1.54) is 12.1 Å². The molecular formula is C15H25F2N3. The van der Waals surface area contributed by atoms with Crippen LogP contribution in [0.4, 0.5) is 8.78 Å². The van der Waals surface area contributed by atoms with Gasteiger partial charge in [-0.1, -0.05) is 13.8 Å². The number of halogens is 2. The molecule has 3 nitrogen and oxygen atoms in total. The van der Waals surface area contributed by atoms with Crippen molar-refractivity contribution in [3.8, 4) is 0 Å². The van der Waals surface area contributed by atoms with Crippen molar-refractivity contribution in [2.45, 2.75) is 44.7 Å². The molecule has 1 rings (SSSR count). The van der Waals surface area contributed by atoms with E-state index in [0.29, 0.717) is 12.0 Å². The molecule has 0 aliphatic carbocycles. The van der Waals surface area contributed by atoms with Gasteiger partial charge in [-0.15, -0.1) is 0 Å². The second kappa shape index (κ2) is 7.11. The van der Waals surface area contributed by atoms with Gasteiger partial charge in [0.2, 0.25) is 0 Å². The van der Waals surface area contributed by atoms with Crippen molar-refractivity contribution in [1.82, 2.24) is 10.3 Å². The Hall–Kier alpha value is -1.04. The van der Waals surface area contributed by atoms with Crippen molar-refractivity contribution in [2.24, 2.45) is 5.84 Å². The quantitative estimate of drug-likeness (QED) is 0.597. The standard InChI is InChI=1S/C15H25F2N3/c1-5-15(6-2,20(3)4)14(19-18)9-11-7-12(16)10-13(17)8-11/h7-8,10,14,19H,5-6,9,18H2,1-4H3. The van der Waals surface area contributed by atoms with E-state index < -0.39 is 11.6 Å². The Morgan fingerprint density at radius 2 is 1.65 bits per heavy atom. The number of hydrogen-bond donors (Lipinski definition) is 2. The van der Waals surface area contributed by atoms with E-state index >= 15 is 0 Å². The highest BCUT2D eigenvalue weighted by atomic mass is 19.1. The molecule has 0 saturated carbocycles. The summed E-state index contributed by atoms with van der Waals surface area (Å²) in [5.41, 5.74) is 3.28. The van der Waals surface area contributed by atoms with Crippen LogP contribution in [0.1, 0.15) is 32.3 Å². The molecule has 0 aliphatic rings.